The van der Waals surface area contributed by atoms with Gasteiger partial charge in [-0.3, -0.25) is 0 Å². The fraction of sp³-hybridized carbons (Fsp3) is 0.417. The summed E-state index contributed by atoms with van der Waals surface area (Å²) >= 11 is 3.25. The van der Waals surface area contributed by atoms with Crippen LogP contribution in [-0.4, -0.2) is 42.1 Å². The van der Waals surface area contributed by atoms with Crippen molar-refractivity contribution in [3.05, 3.63) is 28.2 Å². The Morgan fingerprint density at radius 3 is 2.78 bits per heavy atom. The van der Waals surface area contributed by atoms with Crippen molar-refractivity contribution in [3.63, 3.8) is 0 Å². The number of hydrogen-bond donors (Lipinski definition) is 2. The smallest absolute Gasteiger partial charge is 0.335 e. The van der Waals surface area contributed by atoms with E-state index >= 15 is 0 Å². The number of carbonyl (C=O) groups is 1. The summed E-state index contributed by atoms with van der Waals surface area (Å²) in [7, 11) is 0. The van der Waals surface area contributed by atoms with Crippen molar-refractivity contribution in [3.8, 4) is 5.75 Å². The van der Waals surface area contributed by atoms with E-state index in [9.17, 15) is 9.90 Å². The van der Waals surface area contributed by atoms with Gasteiger partial charge >= 0.3 is 5.97 Å². The molecule has 0 saturated heterocycles. The Labute approximate surface area is 113 Å². The van der Waals surface area contributed by atoms with Gasteiger partial charge in [0, 0.05) is 6.61 Å². The molecule has 0 radical (unpaired) electrons. The number of benzene rings is 1. The van der Waals surface area contributed by atoms with Gasteiger partial charge < -0.3 is 19.7 Å². The molecule has 6 heteroatoms. The van der Waals surface area contributed by atoms with E-state index < -0.39 is 12.1 Å². The van der Waals surface area contributed by atoms with Crippen molar-refractivity contribution < 1.29 is 24.5 Å². The third-order valence-corrected chi connectivity index (χ3v) is 2.78. The molecule has 0 aliphatic heterocycles. The number of ether oxygens (including phenoxy) is 2. The lowest BCUT2D eigenvalue weighted by Gasteiger charge is -2.13. The summed E-state index contributed by atoms with van der Waals surface area (Å²) in [5, 5.41) is 18.4. The summed E-state index contributed by atoms with van der Waals surface area (Å²) in [4.78, 5) is 10.8. The highest BCUT2D eigenvalue weighted by Crippen LogP contribution is 2.26. The van der Waals surface area contributed by atoms with Gasteiger partial charge in [0.2, 0.25) is 0 Å². The van der Waals surface area contributed by atoms with Crippen molar-refractivity contribution in [2.75, 3.05) is 19.8 Å². The van der Waals surface area contributed by atoms with Gasteiger partial charge in [-0.2, -0.15) is 0 Å². The Bertz CT molecular complexity index is 407. The molecular formula is C12H15BrO5. The van der Waals surface area contributed by atoms with Crippen LogP contribution in [0.4, 0.5) is 0 Å². The minimum atomic E-state index is -1.03. The average molecular weight is 319 g/mol. The molecule has 1 aromatic carbocycles. The van der Waals surface area contributed by atoms with Gasteiger partial charge in [0.25, 0.3) is 0 Å². The summed E-state index contributed by atoms with van der Waals surface area (Å²) in [6, 6.07) is 4.46. The number of carboxylic acid groups (broad SMARTS) is 1. The first-order valence-electron chi connectivity index (χ1n) is 5.46. The summed E-state index contributed by atoms with van der Waals surface area (Å²) in [5.41, 5.74) is 0.132. The molecule has 0 aromatic heterocycles. The number of aliphatic hydroxyl groups is 1. The fourth-order valence-electron chi connectivity index (χ4n) is 1.23. The van der Waals surface area contributed by atoms with Crippen LogP contribution in [0.25, 0.3) is 0 Å². The lowest BCUT2D eigenvalue weighted by atomic mass is 10.2. The lowest BCUT2D eigenvalue weighted by Crippen LogP contribution is -2.23. The zero-order valence-electron chi connectivity index (χ0n) is 9.93. The third kappa shape index (κ3) is 4.64. The average Bonchev–Trinajstić information content (AvgIpc) is 2.35. The van der Waals surface area contributed by atoms with Crippen molar-refractivity contribution in [2.24, 2.45) is 0 Å². The quantitative estimate of drug-likeness (QED) is 0.803. The van der Waals surface area contributed by atoms with E-state index in [0.29, 0.717) is 16.8 Å². The Morgan fingerprint density at radius 1 is 1.44 bits per heavy atom. The van der Waals surface area contributed by atoms with Gasteiger partial charge in [0.1, 0.15) is 18.5 Å². The van der Waals surface area contributed by atoms with E-state index in [1.807, 2.05) is 6.92 Å². The zero-order valence-corrected chi connectivity index (χ0v) is 11.5. The standard InChI is InChI=1S/C12H15BrO5/c1-2-17-6-9(14)7-18-11-5-8(12(15)16)3-4-10(11)13/h3-5,9,14H,2,6-7H2,1H3,(H,15,16). The maximum absolute atomic E-state index is 10.8. The van der Waals surface area contributed by atoms with Gasteiger partial charge in [-0.15, -0.1) is 0 Å². The fourth-order valence-corrected chi connectivity index (χ4v) is 1.60. The van der Waals surface area contributed by atoms with E-state index in [1.165, 1.54) is 12.1 Å². The second-order valence-electron chi connectivity index (χ2n) is 3.57. The first-order chi connectivity index (χ1) is 8.54. The van der Waals surface area contributed by atoms with Crippen molar-refractivity contribution in [2.45, 2.75) is 13.0 Å². The Morgan fingerprint density at radius 2 is 2.17 bits per heavy atom. The first kappa shape index (κ1) is 14.9. The van der Waals surface area contributed by atoms with E-state index in [4.69, 9.17) is 14.6 Å². The summed E-state index contributed by atoms with van der Waals surface area (Å²) < 4.78 is 11.0. The highest BCUT2D eigenvalue weighted by atomic mass is 79.9. The van der Waals surface area contributed by atoms with Crippen molar-refractivity contribution >= 4 is 21.9 Å². The van der Waals surface area contributed by atoms with Crippen LogP contribution in [0.3, 0.4) is 0 Å². The molecule has 100 valence electrons. The molecule has 0 spiro atoms. The largest absolute Gasteiger partial charge is 0.490 e. The maximum atomic E-state index is 10.8. The van der Waals surface area contributed by atoms with Crippen LogP contribution >= 0.6 is 15.9 Å². The predicted molar refractivity (Wildman–Crippen MR) is 69.1 cm³/mol. The molecule has 0 aliphatic rings. The molecule has 0 amide bonds. The Hall–Kier alpha value is -1.11. The van der Waals surface area contributed by atoms with Gasteiger partial charge in [-0.05, 0) is 41.1 Å². The number of hydrogen-bond acceptors (Lipinski definition) is 4. The highest BCUT2D eigenvalue weighted by molar-refractivity contribution is 9.10. The second kappa shape index (κ2) is 7.35. The summed E-state index contributed by atoms with van der Waals surface area (Å²) in [6.45, 7) is 2.59. The second-order valence-corrected chi connectivity index (χ2v) is 4.43. The molecule has 0 aliphatic carbocycles. The Balaban J connectivity index is 2.60. The number of rotatable bonds is 7. The zero-order chi connectivity index (χ0) is 13.5. The molecule has 0 bridgehead atoms. The molecule has 18 heavy (non-hydrogen) atoms. The van der Waals surface area contributed by atoms with E-state index in [-0.39, 0.29) is 18.8 Å². The van der Waals surface area contributed by atoms with Crippen molar-refractivity contribution in [1.82, 2.24) is 0 Å². The minimum absolute atomic E-state index is 0.0433. The summed E-state index contributed by atoms with van der Waals surface area (Å²) in [5.74, 6) is -0.646. The van der Waals surface area contributed by atoms with Gasteiger partial charge in [0.15, 0.2) is 0 Å². The molecule has 1 rings (SSSR count). The van der Waals surface area contributed by atoms with E-state index in [1.54, 1.807) is 6.07 Å². The first-order valence-corrected chi connectivity index (χ1v) is 6.25. The Kier molecular flexibility index (Phi) is 6.11. The van der Waals surface area contributed by atoms with Gasteiger partial charge in [0.05, 0.1) is 16.6 Å². The van der Waals surface area contributed by atoms with E-state index in [0.717, 1.165) is 0 Å². The molecule has 5 nitrogen and oxygen atoms in total. The summed E-state index contributed by atoms with van der Waals surface area (Å²) in [6.07, 6.45) is -0.745. The minimum Gasteiger partial charge on any atom is -0.490 e. The third-order valence-electron chi connectivity index (χ3n) is 2.12. The molecule has 1 atom stereocenters. The lowest BCUT2D eigenvalue weighted by molar-refractivity contribution is 0.0163. The number of aliphatic hydroxyl groups excluding tert-OH is 1. The maximum Gasteiger partial charge on any atom is 0.335 e. The highest BCUT2D eigenvalue weighted by Gasteiger charge is 2.10. The monoisotopic (exact) mass is 318 g/mol. The van der Waals surface area contributed by atoms with Crippen LogP contribution < -0.4 is 4.74 Å². The van der Waals surface area contributed by atoms with Crippen LogP contribution in [0.5, 0.6) is 5.75 Å². The van der Waals surface area contributed by atoms with Crippen LogP contribution in [0.2, 0.25) is 0 Å². The molecule has 0 fully saturated rings. The molecular weight excluding hydrogens is 304 g/mol. The van der Waals surface area contributed by atoms with Crippen LogP contribution in [-0.2, 0) is 4.74 Å². The van der Waals surface area contributed by atoms with Crippen molar-refractivity contribution in [1.29, 1.82) is 0 Å². The molecule has 1 unspecified atom stereocenters. The number of carboxylic acids is 1. The van der Waals surface area contributed by atoms with Crippen LogP contribution in [0.15, 0.2) is 22.7 Å². The number of halogens is 1. The normalized spacial score (nSPS) is 12.2. The van der Waals surface area contributed by atoms with Crippen LogP contribution in [0.1, 0.15) is 17.3 Å². The number of aromatic carboxylic acids is 1. The van der Waals surface area contributed by atoms with Gasteiger partial charge in [-0.1, -0.05) is 0 Å². The van der Waals surface area contributed by atoms with E-state index in [2.05, 4.69) is 15.9 Å². The molecule has 0 saturated carbocycles. The molecule has 2 N–H and O–H groups in total. The molecule has 1 aromatic rings. The topological polar surface area (TPSA) is 76.0 Å². The molecule has 0 heterocycles. The van der Waals surface area contributed by atoms with Crippen LogP contribution in [0, 0.1) is 0 Å². The SMILES string of the molecule is CCOCC(O)COc1cc(C(=O)O)ccc1Br. The predicted octanol–water partition coefficient (Wildman–Crippen LogP) is 1.92. The van der Waals surface area contributed by atoms with Gasteiger partial charge in [-0.25, -0.2) is 4.79 Å².